The lowest BCUT2D eigenvalue weighted by Gasteiger charge is -2.32. The Hall–Kier alpha value is -3.68. The van der Waals surface area contributed by atoms with Crippen molar-refractivity contribution in [1.29, 1.82) is 0 Å². The van der Waals surface area contributed by atoms with Gasteiger partial charge in [0.05, 0.1) is 17.8 Å². The number of piperidine rings is 1. The molecule has 2 aromatic carbocycles. The highest BCUT2D eigenvalue weighted by Gasteiger charge is 2.28. The molecule has 0 bridgehead atoms. The zero-order valence-electron chi connectivity index (χ0n) is 19.0. The number of hydrogen-bond acceptors (Lipinski definition) is 6. The van der Waals surface area contributed by atoms with E-state index in [-0.39, 0.29) is 18.3 Å². The molecule has 1 fully saturated rings. The lowest BCUT2D eigenvalue weighted by Crippen LogP contribution is -2.40. The summed E-state index contributed by atoms with van der Waals surface area (Å²) in [5.74, 6) is 1.52. The van der Waals surface area contributed by atoms with Crippen LogP contribution in [0.3, 0.4) is 0 Å². The van der Waals surface area contributed by atoms with Crippen LogP contribution in [0.1, 0.15) is 30.5 Å². The largest absolute Gasteiger partial charge is 0.484 e. The number of benzene rings is 2. The van der Waals surface area contributed by atoms with Crippen LogP contribution in [0.5, 0.6) is 17.4 Å². The summed E-state index contributed by atoms with van der Waals surface area (Å²) in [6.07, 6.45) is 4.00. The molecule has 2 aliphatic rings. The number of anilines is 1. The molecular formula is C26H27FN4O3. The number of carbonyl (C=O) groups is 1. The molecule has 3 heterocycles. The molecule has 0 spiro atoms. The fraction of sp³-hybridized carbons (Fsp3) is 0.346. The molecular weight excluding hydrogens is 435 g/mol. The molecule has 0 unspecified atom stereocenters. The zero-order chi connectivity index (χ0) is 23.3. The van der Waals surface area contributed by atoms with Crippen molar-refractivity contribution in [1.82, 2.24) is 14.9 Å². The lowest BCUT2D eigenvalue weighted by atomic mass is 10.1. The van der Waals surface area contributed by atoms with Crippen LogP contribution in [0, 0.1) is 5.82 Å². The molecule has 2 aliphatic heterocycles. The number of aromatic nitrogens is 2. The molecule has 7 nitrogen and oxygen atoms in total. The minimum Gasteiger partial charge on any atom is -0.484 e. The molecule has 0 radical (unpaired) electrons. The van der Waals surface area contributed by atoms with Crippen molar-refractivity contribution in [3.63, 3.8) is 0 Å². The average Bonchev–Trinajstić information content (AvgIpc) is 2.88. The van der Waals surface area contributed by atoms with Crippen molar-refractivity contribution in [3.05, 3.63) is 71.7 Å². The van der Waals surface area contributed by atoms with Crippen molar-refractivity contribution >= 4 is 11.9 Å². The van der Waals surface area contributed by atoms with Gasteiger partial charge in [-0.1, -0.05) is 24.3 Å². The van der Waals surface area contributed by atoms with E-state index < -0.39 is 0 Å². The van der Waals surface area contributed by atoms with Gasteiger partial charge in [-0.25, -0.2) is 9.37 Å². The van der Waals surface area contributed by atoms with E-state index in [1.807, 2.05) is 30.3 Å². The Morgan fingerprint density at radius 2 is 1.74 bits per heavy atom. The Labute approximate surface area is 198 Å². The van der Waals surface area contributed by atoms with E-state index in [0.29, 0.717) is 42.8 Å². The number of hydrogen-bond donors (Lipinski definition) is 0. The number of halogens is 1. The summed E-state index contributed by atoms with van der Waals surface area (Å²) >= 11 is 0. The van der Waals surface area contributed by atoms with Gasteiger partial charge in [-0.15, -0.1) is 0 Å². The summed E-state index contributed by atoms with van der Waals surface area (Å²) < 4.78 is 25.5. The van der Waals surface area contributed by atoms with Gasteiger partial charge in [0, 0.05) is 32.1 Å². The van der Waals surface area contributed by atoms with E-state index in [4.69, 9.17) is 19.4 Å². The summed E-state index contributed by atoms with van der Waals surface area (Å²) in [6, 6.07) is 15.3. The number of para-hydroxylation sites is 1. The van der Waals surface area contributed by atoms with Crippen LogP contribution in [0.15, 0.2) is 54.6 Å². The number of rotatable bonds is 6. The van der Waals surface area contributed by atoms with Crippen LogP contribution in [-0.2, 0) is 17.8 Å². The smallest absolute Gasteiger partial charge is 0.260 e. The Morgan fingerprint density at radius 3 is 2.53 bits per heavy atom. The topological polar surface area (TPSA) is 67.8 Å². The maximum absolute atomic E-state index is 13.8. The average molecular weight is 463 g/mol. The van der Waals surface area contributed by atoms with Gasteiger partial charge in [0.2, 0.25) is 11.8 Å². The number of fused-ring (bicyclic) bond motifs is 1. The minimum absolute atomic E-state index is 0.0495. The third kappa shape index (κ3) is 5.11. The maximum Gasteiger partial charge on any atom is 0.260 e. The maximum atomic E-state index is 13.8. The van der Waals surface area contributed by atoms with Crippen LogP contribution < -0.4 is 14.4 Å². The van der Waals surface area contributed by atoms with Crippen molar-refractivity contribution < 1.29 is 18.7 Å². The second-order valence-electron chi connectivity index (χ2n) is 8.53. The molecule has 0 N–H and O–H groups in total. The zero-order valence-corrected chi connectivity index (χ0v) is 19.0. The van der Waals surface area contributed by atoms with Gasteiger partial charge in [-0.05, 0) is 43.5 Å². The molecule has 8 heteroatoms. The lowest BCUT2D eigenvalue weighted by molar-refractivity contribution is -0.134. The molecule has 5 rings (SSSR count). The summed E-state index contributed by atoms with van der Waals surface area (Å²) in [5.41, 5.74) is 1.62. The van der Waals surface area contributed by atoms with Gasteiger partial charge in [-0.2, -0.15) is 4.98 Å². The number of ether oxygens (including phenoxy) is 2. The summed E-state index contributed by atoms with van der Waals surface area (Å²) in [7, 11) is 0. The fourth-order valence-electron chi connectivity index (χ4n) is 4.30. The number of nitrogens with zero attached hydrogens (tertiary/aromatic N) is 4. The summed E-state index contributed by atoms with van der Waals surface area (Å²) in [6.45, 7) is 2.61. The predicted molar refractivity (Wildman–Crippen MR) is 126 cm³/mol. The molecule has 3 aromatic rings. The standard InChI is InChI=1S/C26H27FN4O3/c27-19-8-7-11-21(16-19)34-25-22-17-31(24(32)18-33-20-9-3-1-4-10-20)15-12-23(22)28-26(29-25)30-13-5-2-6-14-30/h1,3-4,7-11,16H,2,5-6,12-15,17-18H2. The Bertz CT molecular complexity index is 1150. The molecule has 34 heavy (non-hydrogen) atoms. The third-order valence-corrected chi connectivity index (χ3v) is 6.12. The van der Waals surface area contributed by atoms with E-state index >= 15 is 0 Å². The first-order valence-corrected chi connectivity index (χ1v) is 11.7. The summed E-state index contributed by atoms with van der Waals surface area (Å²) in [4.78, 5) is 26.3. The van der Waals surface area contributed by atoms with Crippen molar-refractivity contribution in [2.75, 3.05) is 31.1 Å². The second kappa shape index (κ2) is 10.1. The fourth-order valence-corrected chi connectivity index (χ4v) is 4.30. The second-order valence-corrected chi connectivity index (χ2v) is 8.53. The first-order chi connectivity index (χ1) is 16.7. The molecule has 1 saturated heterocycles. The Balaban J connectivity index is 1.39. The van der Waals surface area contributed by atoms with Crippen LogP contribution >= 0.6 is 0 Å². The molecule has 176 valence electrons. The molecule has 0 atom stereocenters. The number of amides is 1. The first-order valence-electron chi connectivity index (χ1n) is 11.7. The van der Waals surface area contributed by atoms with Gasteiger partial charge < -0.3 is 19.3 Å². The highest BCUT2D eigenvalue weighted by atomic mass is 19.1. The van der Waals surface area contributed by atoms with Crippen molar-refractivity contribution in [2.45, 2.75) is 32.2 Å². The number of carbonyl (C=O) groups excluding carboxylic acids is 1. The molecule has 0 aliphatic carbocycles. The Kier molecular flexibility index (Phi) is 6.56. The molecule has 0 saturated carbocycles. The first kappa shape index (κ1) is 22.1. The third-order valence-electron chi connectivity index (χ3n) is 6.12. The van der Waals surface area contributed by atoms with E-state index in [0.717, 1.165) is 37.2 Å². The van der Waals surface area contributed by atoms with E-state index in [1.54, 1.807) is 17.0 Å². The highest BCUT2D eigenvalue weighted by Crippen LogP contribution is 2.32. The van der Waals surface area contributed by atoms with Gasteiger partial charge in [-0.3, -0.25) is 4.79 Å². The Morgan fingerprint density at radius 1 is 0.941 bits per heavy atom. The monoisotopic (exact) mass is 462 g/mol. The van der Waals surface area contributed by atoms with Crippen molar-refractivity contribution in [2.24, 2.45) is 0 Å². The predicted octanol–water partition coefficient (Wildman–Crippen LogP) is 4.36. The van der Waals surface area contributed by atoms with Gasteiger partial charge in [0.15, 0.2) is 6.61 Å². The van der Waals surface area contributed by atoms with E-state index in [2.05, 4.69) is 4.90 Å². The molecule has 1 amide bonds. The summed E-state index contributed by atoms with van der Waals surface area (Å²) in [5, 5.41) is 0. The van der Waals surface area contributed by atoms with Crippen LogP contribution in [0.2, 0.25) is 0 Å². The molecule has 1 aromatic heterocycles. The van der Waals surface area contributed by atoms with E-state index in [1.165, 1.54) is 18.6 Å². The van der Waals surface area contributed by atoms with Gasteiger partial charge >= 0.3 is 0 Å². The highest BCUT2D eigenvalue weighted by molar-refractivity contribution is 5.78. The van der Waals surface area contributed by atoms with Crippen molar-refractivity contribution in [3.8, 4) is 17.4 Å². The minimum atomic E-state index is -0.383. The SMILES string of the molecule is O=C(COc1ccccc1)N1CCc2nc(N3CCCCC3)nc(Oc3cccc(F)c3)c2C1. The van der Waals surface area contributed by atoms with Gasteiger partial charge in [0.1, 0.15) is 17.3 Å². The normalized spacial score (nSPS) is 15.6. The van der Waals surface area contributed by atoms with Crippen LogP contribution in [0.4, 0.5) is 10.3 Å². The van der Waals surface area contributed by atoms with E-state index in [9.17, 15) is 9.18 Å². The van der Waals surface area contributed by atoms with Crippen LogP contribution in [-0.4, -0.2) is 47.0 Å². The van der Waals surface area contributed by atoms with Crippen LogP contribution in [0.25, 0.3) is 0 Å². The quantitative estimate of drug-likeness (QED) is 0.542. The van der Waals surface area contributed by atoms with Gasteiger partial charge in [0.25, 0.3) is 5.91 Å².